The minimum absolute atomic E-state index is 0.193. The number of aromatic carboxylic acids is 1. The lowest BCUT2D eigenvalue weighted by molar-refractivity contribution is -0.114. The number of aromatic nitrogens is 1. The molecule has 7 nitrogen and oxygen atoms in total. The lowest BCUT2D eigenvalue weighted by atomic mass is 10.1. The zero-order valence-electron chi connectivity index (χ0n) is 14.2. The van der Waals surface area contributed by atoms with Crippen molar-refractivity contribution in [3.8, 4) is 5.75 Å². The highest BCUT2D eigenvalue weighted by Crippen LogP contribution is 2.36. The van der Waals surface area contributed by atoms with E-state index in [0.29, 0.717) is 22.6 Å². The number of nitrogens with zero attached hydrogens (tertiary/aromatic N) is 1. The van der Waals surface area contributed by atoms with Gasteiger partial charge in [0, 0.05) is 29.9 Å². The third-order valence-electron chi connectivity index (χ3n) is 3.77. The summed E-state index contributed by atoms with van der Waals surface area (Å²) in [7, 11) is 1.51. The first-order valence-electron chi connectivity index (χ1n) is 7.83. The van der Waals surface area contributed by atoms with E-state index in [9.17, 15) is 9.59 Å². The van der Waals surface area contributed by atoms with E-state index in [4.69, 9.17) is 9.84 Å². The van der Waals surface area contributed by atoms with Crippen molar-refractivity contribution in [3.63, 3.8) is 0 Å². The molecule has 0 aliphatic rings. The Morgan fingerprint density at radius 3 is 2.62 bits per heavy atom. The molecule has 0 bridgehead atoms. The van der Waals surface area contributed by atoms with Crippen molar-refractivity contribution in [2.45, 2.75) is 6.92 Å². The number of benzene rings is 2. The van der Waals surface area contributed by atoms with Crippen molar-refractivity contribution in [1.82, 2.24) is 4.98 Å². The van der Waals surface area contributed by atoms with E-state index in [1.807, 2.05) is 6.07 Å². The fourth-order valence-electron chi connectivity index (χ4n) is 2.68. The van der Waals surface area contributed by atoms with Crippen LogP contribution in [-0.2, 0) is 4.79 Å². The Kier molecular flexibility index (Phi) is 4.70. The molecular formula is C19H17N3O4. The Morgan fingerprint density at radius 1 is 1.12 bits per heavy atom. The summed E-state index contributed by atoms with van der Waals surface area (Å²) in [6.45, 7) is 1.42. The average Bonchev–Trinajstić information content (AvgIpc) is 2.61. The van der Waals surface area contributed by atoms with Gasteiger partial charge in [-0.25, -0.2) is 4.79 Å². The smallest absolute Gasteiger partial charge is 0.335 e. The van der Waals surface area contributed by atoms with Gasteiger partial charge in [0.25, 0.3) is 0 Å². The Labute approximate surface area is 149 Å². The van der Waals surface area contributed by atoms with Gasteiger partial charge in [-0.1, -0.05) is 6.07 Å². The summed E-state index contributed by atoms with van der Waals surface area (Å²) in [4.78, 5) is 26.9. The van der Waals surface area contributed by atoms with Crippen LogP contribution >= 0.6 is 0 Å². The largest absolute Gasteiger partial charge is 0.492 e. The summed E-state index contributed by atoms with van der Waals surface area (Å²) in [5, 5.41) is 15.8. The number of methoxy groups -OCH3 is 1. The summed E-state index contributed by atoms with van der Waals surface area (Å²) in [6.07, 6.45) is 1.62. The molecule has 7 heteroatoms. The van der Waals surface area contributed by atoms with Crippen LogP contribution in [0.1, 0.15) is 17.3 Å². The molecule has 1 aromatic heterocycles. The quantitative estimate of drug-likeness (QED) is 0.649. The van der Waals surface area contributed by atoms with E-state index >= 15 is 0 Å². The third-order valence-corrected chi connectivity index (χ3v) is 3.77. The Balaban J connectivity index is 2.06. The van der Waals surface area contributed by atoms with E-state index < -0.39 is 5.97 Å². The van der Waals surface area contributed by atoms with Gasteiger partial charge in [0.05, 0.1) is 18.4 Å². The number of amides is 1. The zero-order valence-corrected chi connectivity index (χ0v) is 14.2. The van der Waals surface area contributed by atoms with Crippen LogP contribution in [0.3, 0.4) is 0 Å². The number of ether oxygens (including phenoxy) is 1. The lowest BCUT2D eigenvalue weighted by Gasteiger charge is -2.14. The van der Waals surface area contributed by atoms with Gasteiger partial charge < -0.3 is 20.5 Å². The van der Waals surface area contributed by atoms with Crippen molar-refractivity contribution in [2.24, 2.45) is 0 Å². The fourth-order valence-corrected chi connectivity index (χ4v) is 2.68. The van der Waals surface area contributed by atoms with Crippen molar-refractivity contribution < 1.29 is 19.4 Å². The average molecular weight is 351 g/mol. The number of rotatable bonds is 5. The molecular weight excluding hydrogens is 334 g/mol. The molecule has 0 aliphatic heterocycles. The second-order valence-electron chi connectivity index (χ2n) is 5.59. The van der Waals surface area contributed by atoms with Gasteiger partial charge in [0.2, 0.25) is 5.91 Å². The number of anilines is 3. The molecule has 3 N–H and O–H groups in total. The Hall–Kier alpha value is -3.61. The molecule has 0 radical (unpaired) electrons. The standard InChI is InChI=1S/C19H17N3O4/c1-11(23)21-16-7-6-14-15(8-9-20-17(14)18(16)26-2)22-13-5-3-4-12(10-13)19(24)25/h3-10H,1-2H3,(H,20,22)(H,21,23)(H,24,25). The molecule has 0 unspecified atom stereocenters. The van der Waals surface area contributed by atoms with Crippen LogP contribution in [0.5, 0.6) is 5.75 Å². The normalized spacial score (nSPS) is 10.4. The topological polar surface area (TPSA) is 101 Å². The number of nitrogens with one attached hydrogen (secondary N) is 2. The number of pyridine rings is 1. The van der Waals surface area contributed by atoms with E-state index in [0.717, 1.165) is 11.1 Å². The molecule has 1 heterocycles. The zero-order chi connectivity index (χ0) is 18.7. The van der Waals surface area contributed by atoms with Gasteiger partial charge in [-0.3, -0.25) is 9.78 Å². The van der Waals surface area contributed by atoms with Crippen molar-refractivity contribution >= 4 is 39.8 Å². The minimum atomic E-state index is -0.991. The van der Waals surface area contributed by atoms with Crippen LogP contribution in [0.2, 0.25) is 0 Å². The predicted molar refractivity (Wildman–Crippen MR) is 99.3 cm³/mol. The molecule has 132 valence electrons. The maximum absolute atomic E-state index is 11.4. The molecule has 0 saturated carbocycles. The number of carbonyl (C=O) groups is 2. The molecule has 3 aromatic rings. The molecule has 0 spiro atoms. The minimum Gasteiger partial charge on any atom is -0.492 e. The van der Waals surface area contributed by atoms with Crippen LogP contribution in [0.25, 0.3) is 10.9 Å². The number of hydrogen-bond donors (Lipinski definition) is 3. The van der Waals surface area contributed by atoms with Crippen LogP contribution in [0.4, 0.5) is 17.1 Å². The molecule has 0 saturated heterocycles. The second kappa shape index (κ2) is 7.10. The van der Waals surface area contributed by atoms with E-state index in [1.165, 1.54) is 20.1 Å². The van der Waals surface area contributed by atoms with Crippen molar-refractivity contribution in [2.75, 3.05) is 17.7 Å². The molecule has 26 heavy (non-hydrogen) atoms. The molecule has 1 amide bonds. The molecule has 3 rings (SSSR count). The summed E-state index contributed by atoms with van der Waals surface area (Å²) in [6, 6.07) is 11.9. The van der Waals surface area contributed by atoms with Crippen LogP contribution in [-0.4, -0.2) is 29.1 Å². The number of carbonyl (C=O) groups excluding carboxylic acids is 1. The highest BCUT2D eigenvalue weighted by molar-refractivity contribution is 6.02. The molecule has 2 aromatic carbocycles. The first-order chi connectivity index (χ1) is 12.5. The summed E-state index contributed by atoms with van der Waals surface area (Å²) < 4.78 is 5.43. The fraction of sp³-hybridized carbons (Fsp3) is 0.105. The Morgan fingerprint density at radius 2 is 1.92 bits per heavy atom. The first kappa shape index (κ1) is 17.2. The van der Waals surface area contributed by atoms with Crippen LogP contribution in [0.15, 0.2) is 48.7 Å². The summed E-state index contributed by atoms with van der Waals surface area (Å²) >= 11 is 0. The van der Waals surface area contributed by atoms with Crippen molar-refractivity contribution in [3.05, 3.63) is 54.2 Å². The van der Waals surface area contributed by atoms with Gasteiger partial charge >= 0.3 is 5.97 Å². The van der Waals surface area contributed by atoms with Gasteiger partial charge in [0.1, 0.15) is 5.52 Å². The van der Waals surface area contributed by atoms with E-state index in [-0.39, 0.29) is 11.5 Å². The number of carboxylic acids is 1. The summed E-state index contributed by atoms with van der Waals surface area (Å²) in [5.41, 5.74) is 2.69. The van der Waals surface area contributed by atoms with Gasteiger partial charge in [-0.05, 0) is 36.4 Å². The predicted octanol–water partition coefficient (Wildman–Crippen LogP) is 3.64. The number of carboxylic acid groups (broad SMARTS) is 1. The molecule has 0 aliphatic carbocycles. The van der Waals surface area contributed by atoms with Crippen LogP contribution in [0, 0.1) is 0 Å². The lowest BCUT2D eigenvalue weighted by Crippen LogP contribution is -2.07. The number of fused-ring (bicyclic) bond motifs is 1. The number of hydrogen-bond acceptors (Lipinski definition) is 5. The third kappa shape index (κ3) is 3.41. The SMILES string of the molecule is COc1c(NC(C)=O)ccc2c(Nc3cccc(C(=O)O)c3)ccnc12. The second-order valence-corrected chi connectivity index (χ2v) is 5.59. The van der Waals surface area contributed by atoms with Gasteiger partial charge in [-0.2, -0.15) is 0 Å². The van der Waals surface area contributed by atoms with Crippen LogP contribution < -0.4 is 15.4 Å². The maximum Gasteiger partial charge on any atom is 0.335 e. The highest BCUT2D eigenvalue weighted by atomic mass is 16.5. The summed E-state index contributed by atoms with van der Waals surface area (Å²) in [5.74, 6) is -0.738. The van der Waals surface area contributed by atoms with Gasteiger partial charge in [-0.15, -0.1) is 0 Å². The maximum atomic E-state index is 11.4. The highest BCUT2D eigenvalue weighted by Gasteiger charge is 2.13. The van der Waals surface area contributed by atoms with Gasteiger partial charge in [0.15, 0.2) is 5.75 Å². The van der Waals surface area contributed by atoms with E-state index in [1.54, 1.807) is 36.5 Å². The monoisotopic (exact) mass is 351 g/mol. The van der Waals surface area contributed by atoms with Crippen molar-refractivity contribution in [1.29, 1.82) is 0 Å². The Bertz CT molecular complexity index is 1000. The first-order valence-corrected chi connectivity index (χ1v) is 7.83. The molecule has 0 fully saturated rings. The van der Waals surface area contributed by atoms with E-state index in [2.05, 4.69) is 15.6 Å². The molecule has 0 atom stereocenters.